The first kappa shape index (κ1) is 14.6. The molecule has 0 aromatic heterocycles. The summed E-state index contributed by atoms with van der Waals surface area (Å²) in [7, 11) is 0. The second-order valence-electron chi connectivity index (χ2n) is 5.14. The number of hydrogen-bond donors (Lipinski definition) is 4. The van der Waals surface area contributed by atoms with Gasteiger partial charge in [-0.1, -0.05) is 18.2 Å². The lowest BCUT2D eigenvalue weighted by atomic mass is 10.3. The third kappa shape index (κ3) is 4.40. The van der Waals surface area contributed by atoms with Gasteiger partial charge in [0.1, 0.15) is 51.2 Å². The molecule has 0 spiro atoms. The van der Waals surface area contributed by atoms with Gasteiger partial charge < -0.3 is 14.7 Å². The zero-order chi connectivity index (χ0) is 14.4. The van der Waals surface area contributed by atoms with Crippen LogP contribution in [0.4, 0.5) is 0 Å². The second kappa shape index (κ2) is 7.12. The fraction of sp³-hybridized carbons (Fsp3) is 0.500. The summed E-state index contributed by atoms with van der Waals surface area (Å²) in [6.07, 6.45) is -0.462. The van der Waals surface area contributed by atoms with Gasteiger partial charge in [0.05, 0.1) is 0 Å². The number of benzene rings is 1. The molecule has 1 aliphatic rings. The van der Waals surface area contributed by atoms with Crippen molar-refractivity contribution >= 4 is 5.96 Å². The normalized spacial score (nSPS) is 20.4. The lowest BCUT2D eigenvalue weighted by molar-refractivity contribution is -0.934. The van der Waals surface area contributed by atoms with Gasteiger partial charge in [-0.15, -0.1) is 0 Å². The van der Waals surface area contributed by atoms with Crippen LogP contribution in [-0.4, -0.2) is 61.1 Å². The molecule has 1 fully saturated rings. The molecule has 0 amide bonds. The summed E-state index contributed by atoms with van der Waals surface area (Å²) >= 11 is 0. The summed E-state index contributed by atoms with van der Waals surface area (Å²) < 4.78 is 7.52. The topological polar surface area (TPSA) is 89.0 Å². The van der Waals surface area contributed by atoms with Crippen molar-refractivity contribution in [3.05, 3.63) is 30.3 Å². The van der Waals surface area contributed by atoms with Crippen molar-refractivity contribution in [3.63, 3.8) is 0 Å². The summed E-state index contributed by atoms with van der Waals surface area (Å²) in [5.74, 6) is 1.17. The fourth-order valence-corrected chi connectivity index (χ4v) is 2.39. The highest BCUT2D eigenvalue weighted by Crippen LogP contribution is 2.08. The Morgan fingerprint density at radius 1 is 1.25 bits per heavy atom. The highest BCUT2D eigenvalue weighted by molar-refractivity contribution is 5.70. The first-order valence-electron chi connectivity index (χ1n) is 6.97. The lowest BCUT2D eigenvalue weighted by Gasteiger charge is -2.26. The van der Waals surface area contributed by atoms with Crippen molar-refractivity contribution in [2.75, 3.05) is 39.3 Å². The standard InChI is InChI=1S/C14H22N4O2/c15-14(16)18-8-6-17(7-9-18)10-12(19)11-20-13-4-2-1-3-5-13/h1-5,12,19H,6-11H2,(H3,15,16)/p+2/t12-/m1/s1. The Labute approximate surface area is 119 Å². The number of ether oxygens (including phenoxy) is 1. The van der Waals surface area contributed by atoms with Crippen molar-refractivity contribution < 1.29 is 19.3 Å². The molecule has 0 aliphatic carbocycles. The predicted molar refractivity (Wildman–Crippen MR) is 76.9 cm³/mol. The van der Waals surface area contributed by atoms with Crippen molar-refractivity contribution in [1.29, 1.82) is 0 Å². The zero-order valence-corrected chi connectivity index (χ0v) is 11.7. The van der Waals surface area contributed by atoms with Gasteiger partial charge in [0.2, 0.25) is 0 Å². The summed E-state index contributed by atoms with van der Waals surface area (Å²) in [6.45, 7) is 4.54. The van der Waals surface area contributed by atoms with Crippen LogP contribution in [0, 0.1) is 0 Å². The van der Waals surface area contributed by atoms with E-state index in [-0.39, 0.29) is 0 Å². The smallest absolute Gasteiger partial charge is 0.341 e. The molecular weight excluding hydrogens is 256 g/mol. The Morgan fingerprint density at radius 3 is 2.50 bits per heavy atom. The van der Waals surface area contributed by atoms with Crippen LogP contribution in [0.1, 0.15) is 0 Å². The number of piperazine rings is 1. The Morgan fingerprint density at radius 2 is 1.90 bits per heavy atom. The van der Waals surface area contributed by atoms with E-state index >= 15 is 0 Å². The van der Waals surface area contributed by atoms with Gasteiger partial charge in [0.25, 0.3) is 0 Å². The molecule has 110 valence electrons. The van der Waals surface area contributed by atoms with Gasteiger partial charge in [-0.2, -0.15) is 0 Å². The van der Waals surface area contributed by atoms with E-state index in [1.807, 2.05) is 34.9 Å². The number of nitrogens with two attached hydrogens (primary N) is 2. The van der Waals surface area contributed by atoms with Gasteiger partial charge in [-0.05, 0) is 12.1 Å². The minimum atomic E-state index is -0.462. The van der Waals surface area contributed by atoms with E-state index in [9.17, 15) is 5.11 Å². The molecule has 1 atom stereocenters. The summed E-state index contributed by atoms with van der Waals surface area (Å²) in [6, 6.07) is 9.54. The Bertz CT molecular complexity index is 436. The van der Waals surface area contributed by atoms with E-state index in [1.165, 1.54) is 4.90 Å². The minimum absolute atomic E-state index is 0.322. The molecule has 0 radical (unpaired) electrons. The number of quaternary nitrogens is 1. The summed E-state index contributed by atoms with van der Waals surface area (Å²) in [4.78, 5) is 1.35. The van der Waals surface area contributed by atoms with Gasteiger partial charge >= 0.3 is 5.96 Å². The number of nitrogens with zero attached hydrogens (tertiary/aromatic N) is 1. The number of aliphatic hydroxyl groups excluding tert-OH is 1. The van der Waals surface area contributed by atoms with Crippen LogP contribution in [0.2, 0.25) is 0 Å². The van der Waals surface area contributed by atoms with Crippen molar-refractivity contribution in [2.45, 2.75) is 6.10 Å². The molecule has 1 heterocycles. The number of rotatable bonds is 5. The maximum atomic E-state index is 10.0. The van der Waals surface area contributed by atoms with Gasteiger partial charge in [-0.3, -0.25) is 16.0 Å². The largest absolute Gasteiger partial charge is 0.491 e. The van der Waals surface area contributed by atoms with Crippen LogP contribution in [-0.2, 0) is 0 Å². The number of aliphatic hydroxyl groups is 1. The highest BCUT2D eigenvalue weighted by Gasteiger charge is 2.22. The summed E-state index contributed by atoms with van der Waals surface area (Å²) in [5, 5.41) is 10.0. The number of guanidine groups is 1. The van der Waals surface area contributed by atoms with Crippen molar-refractivity contribution in [2.24, 2.45) is 11.5 Å². The molecule has 1 aromatic rings. The monoisotopic (exact) mass is 280 g/mol. The average molecular weight is 280 g/mol. The Hall–Kier alpha value is -1.79. The van der Waals surface area contributed by atoms with E-state index in [0.29, 0.717) is 19.1 Å². The van der Waals surface area contributed by atoms with Gasteiger partial charge in [-0.25, -0.2) is 0 Å². The van der Waals surface area contributed by atoms with Crippen LogP contribution in [0.3, 0.4) is 0 Å². The maximum Gasteiger partial charge on any atom is 0.341 e. The lowest BCUT2D eigenvalue weighted by Crippen LogP contribution is -3.15. The third-order valence-corrected chi connectivity index (χ3v) is 3.55. The second-order valence-corrected chi connectivity index (χ2v) is 5.14. The van der Waals surface area contributed by atoms with Crippen LogP contribution in [0.5, 0.6) is 5.75 Å². The van der Waals surface area contributed by atoms with Gasteiger partial charge in [0, 0.05) is 0 Å². The number of hydrogen-bond acceptors (Lipinski definition) is 2. The first-order valence-corrected chi connectivity index (χ1v) is 6.97. The highest BCUT2D eigenvalue weighted by atomic mass is 16.5. The Kier molecular flexibility index (Phi) is 5.20. The van der Waals surface area contributed by atoms with Crippen LogP contribution in [0.25, 0.3) is 0 Å². The van der Waals surface area contributed by atoms with Crippen molar-refractivity contribution in [1.82, 2.24) is 0 Å². The minimum Gasteiger partial charge on any atom is -0.491 e. The molecule has 0 saturated carbocycles. The maximum absolute atomic E-state index is 10.0. The third-order valence-electron chi connectivity index (χ3n) is 3.55. The van der Waals surface area contributed by atoms with Crippen molar-refractivity contribution in [3.8, 4) is 5.75 Å². The molecule has 6 N–H and O–H groups in total. The van der Waals surface area contributed by atoms with Gasteiger partial charge in [0.15, 0.2) is 0 Å². The van der Waals surface area contributed by atoms with E-state index in [0.717, 1.165) is 31.9 Å². The molecule has 6 nitrogen and oxygen atoms in total. The Balaban J connectivity index is 1.70. The molecular formula is C14H24N4O2+2. The average Bonchev–Trinajstić information content (AvgIpc) is 2.47. The van der Waals surface area contributed by atoms with E-state index in [4.69, 9.17) is 16.2 Å². The van der Waals surface area contributed by atoms with Crippen LogP contribution >= 0.6 is 0 Å². The van der Waals surface area contributed by atoms with Crippen LogP contribution < -0.4 is 21.1 Å². The number of para-hydroxylation sites is 1. The molecule has 1 saturated heterocycles. The fourth-order valence-electron chi connectivity index (χ4n) is 2.39. The molecule has 2 rings (SSSR count). The summed E-state index contributed by atoms with van der Waals surface area (Å²) in [5.41, 5.74) is 11.1. The SMILES string of the molecule is NC(N)=[N+]1CC[NH+](C[C@@H](O)COc2ccccc2)CC1. The molecule has 6 heteroatoms. The number of nitrogens with one attached hydrogen (secondary N) is 1. The van der Waals surface area contributed by atoms with E-state index in [1.54, 1.807) is 0 Å². The molecule has 1 aliphatic heterocycles. The molecule has 1 aromatic carbocycles. The van der Waals surface area contributed by atoms with Crippen LogP contribution in [0.15, 0.2) is 30.3 Å². The quantitative estimate of drug-likeness (QED) is 0.358. The zero-order valence-electron chi connectivity index (χ0n) is 11.7. The molecule has 20 heavy (non-hydrogen) atoms. The van der Waals surface area contributed by atoms with E-state index in [2.05, 4.69) is 0 Å². The van der Waals surface area contributed by atoms with E-state index < -0.39 is 6.10 Å². The molecule has 0 unspecified atom stereocenters. The molecule has 0 bridgehead atoms. The first-order chi connectivity index (χ1) is 9.65. The predicted octanol–water partition coefficient (Wildman–Crippen LogP) is -2.39.